The van der Waals surface area contributed by atoms with Crippen molar-refractivity contribution < 1.29 is 71.9 Å². The Labute approximate surface area is 531 Å². The van der Waals surface area contributed by atoms with Crippen molar-refractivity contribution in [3.8, 4) is 22.8 Å². The predicted molar refractivity (Wildman–Crippen MR) is 342 cm³/mol. The molecule has 21 nitrogen and oxygen atoms in total. The molecule has 0 saturated heterocycles. The fourth-order valence-electron chi connectivity index (χ4n) is 11.5. The Bertz CT molecular complexity index is 3970. The van der Waals surface area contributed by atoms with Crippen LogP contribution in [0.3, 0.4) is 0 Å². The van der Waals surface area contributed by atoms with E-state index in [1.807, 2.05) is 54.6 Å². The van der Waals surface area contributed by atoms with Crippen LogP contribution >= 0.6 is 0 Å². The number of aromatic nitrogens is 4. The third-order valence-electron chi connectivity index (χ3n) is 16.0. The normalized spacial score (nSPS) is 14.1. The second-order valence-electron chi connectivity index (χ2n) is 24.0. The highest BCUT2D eigenvalue weighted by molar-refractivity contribution is 6.00. The van der Waals surface area contributed by atoms with Crippen molar-refractivity contribution >= 4 is 63.9 Å². The topological polar surface area (TPSA) is 294 Å². The molecule has 0 spiro atoms. The van der Waals surface area contributed by atoms with Gasteiger partial charge in [0.25, 0.3) is 5.91 Å². The molecule has 4 heterocycles. The molecular weight excluding hydrogens is 1180 g/mol. The number of methoxy groups -OCH3 is 1. The Morgan fingerprint density at radius 2 is 1.07 bits per heavy atom. The van der Waals surface area contributed by atoms with Crippen molar-refractivity contribution in [1.29, 1.82) is 0 Å². The Kier molecular flexibility index (Phi) is 22.2. The first-order valence-corrected chi connectivity index (χ1v) is 30.8. The van der Waals surface area contributed by atoms with Crippen LogP contribution in [0, 0.1) is 0 Å². The minimum atomic E-state index is -1.15. The summed E-state index contributed by atoms with van der Waals surface area (Å²) in [5.41, 5.74) is 8.76. The van der Waals surface area contributed by atoms with E-state index in [0.29, 0.717) is 34.3 Å². The summed E-state index contributed by atoms with van der Waals surface area (Å²) >= 11 is 0. The highest BCUT2D eigenvalue weighted by Gasteiger charge is 2.29. The number of imidazole rings is 2. The van der Waals surface area contributed by atoms with Crippen LogP contribution in [-0.4, -0.2) is 101 Å². The second-order valence-corrected chi connectivity index (χ2v) is 24.0. The molecule has 11 rings (SSSR count). The van der Waals surface area contributed by atoms with Crippen molar-refractivity contribution in [2.24, 2.45) is 0 Å². The van der Waals surface area contributed by atoms with Gasteiger partial charge in [0, 0.05) is 30.5 Å². The number of rotatable bonds is 20. The molecule has 0 unspecified atom stereocenters. The van der Waals surface area contributed by atoms with Crippen molar-refractivity contribution in [3.63, 3.8) is 0 Å². The molecule has 5 aromatic carbocycles. The first kappa shape index (κ1) is 66.1. The molecule has 21 heteroatoms. The van der Waals surface area contributed by atoms with Gasteiger partial charge in [-0.25, -0.2) is 29.1 Å². The summed E-state index contributed by atoms with van der Waals surface area (Å²) in [5, 5.41) is 33.1. The van der Waals surface area contributed by atoms with E-state index in [-0.39, 0.29) is 43.8 Å². The number of esters is 2. The van der Waals surface area contributed by atoms with Crippen LogP contribution in [0.1, 0.15) is 146 Å². The summed E-state index contributed by atoms with van der Waals surface area (Å²) in [6.45, 7) is 5.34. The minimum absolute atomic E-state index is 0.0671. The van der Waals surface area contributed by atoms with Gasteiger partial charge in [-0.05, 0) is 123 Å². The zero-order chi connectivity index (χ0) is 65.3. The molecule has 2 amide bonds. The highest BCUT2D eigenvalue weighted by atomic mass is 16.6. The molecule has 2 aliphatic carbocycles. The Morgan fingerprint density at radius 1 is 0.576 bits per heavy atom. The standard InChI is InChI=1S/C29H29N3O6.C24H29NO6.C18H18N2O3/c33-26(34)15-19-8-6-18(7-9-19)14-24(29(36)37)31-28(35)20-10-11-25-23(16-20)30-27(21-12-13-38-17-21)32(25)22-4-2-1-3-5-22;1-24(2,3)31-23(28)25-20(22(27)30-16-19-8-6-5-7-9-19)14-17-10-12-18(13-11-17)15-21(26)29-4;21-18(22)12-6-7-16-15(10-12)19-17(13-8-9-23-11-13)20(16)14-4-2-1-3-5-14/h6-13,16-17,22,24H,1-5,14-15H2,(H,31,35)(H,33,34)(H,36,37);5-13,20H,14-16H2,1-4H3,(H,25,28);6-11,14H,1-5H2,(H,21,22)/t24-;20-;/m00./s1. The summed E-state index contributed by atoms with van der Waals surface area (Å²) < 4.78 is 30.4. The maximum atomic E-state index is 13.1. The van der Waals surface area contributed by atoms with Crippen LogP contribution in [0.4, 0.5) is 4.79 Å². The number of ether oxygens (including phenoxy) is 3. The predicted octanol–water partition coefficient (Wildman–Crippen LogP) is 12.9. The quantitative estimate of drug-likeness (QED) is 0.0350. The van der Waals surface area contributed by atoms with E-state index in [0.717, 1.165) is 94.5 Å². The van der Waals surface area contributed by atoms with Gasteiger partial charge >= 0.3 is 35.9 Å². The Morgan fingerprint density at radius 3 is 1.53 bits per heavy atom. The zero-order valence-electron chi connectivity index (χ0n) is 51.9. The first-order chi connectivity index (χ1) is 44.3. The molecule has 480 valence electrons. The van der Waals surface area contributed by atoms with Crippen LogP contribution in [0.25, 0.3) is 44.8 Å². The average Bonchev–Trinajstić information content (AvgIpc) is 1.63. The molecule has 2 saturated carbocycles. The lowest BCUT2D eigenvalue weighted by atomic mass is 9.95. The van der Waals surface area contributed by atoms with E-state index in [4.69, 9.17) is 33.4 Å². The lowest BCUT2D eigenvalue weighted by Gasteiger charge is -2.25. The van der Waals surface area contributed by atoms with Gasteiger partial charge in [0.1, 0.15) is 48.5 Å². The van der Waals surface area contributed by atoms with Gasteiger partial charge in [0.2, 0.25) is 0 Å². The van der Waals surface area contributed by atoms with E-state index in [9.17, 15) is 43.8 Å². The number of carboxylic acids is 3. The monoisotopic (exact) mass is 1250 g/mol. The number of amides is 2. The maximum Gasteiger partial charge on any atom is 0.408 e. The van der Waals surface area contributed by atoms with Gasteiger partial charge in [0.15, 0.2) is 0 Å². The molecule has 9 aromatic rings. The molecule has 0 aliphatic heterocycles. The summed E-state index contributed by atoms with van der Waals surface area (Å²) in [4.78, 5) is 93.1. The number of carboxylic acid groups (broad SMARTS) is 3. The van der Waals surface area contributed by atoms with Gasteiger partial charge in [-0.15, -0.1) is 0 Å². The third-order valence-corrected chi connectivity index (χ3v) is 16.0. The number of aliphatic carboxylic acids is 2. The fraction of sp³-hybridized carbons (Fsp3) is 0.338. The van der Waals surface area contributed by atoms with Crippen molar-refractivity contribution in [2.75, 3.05) is 7.11 Å². The van der Waals surface area contributed by atoms with E-state index in [1.54, 1.807) is 119 Å². The summed E-state index contributed by atoms with van der Waals surface area (Å²) in [7, 11) is 1.34. The van der Waals surface area contributed by atoms with Gasteiger partial charge in [-0.2, -0.15) is 0 Å². The largest absolute Gasteiger partial charge is 0.481 e. The molecule has 92 heavy (non-hydrogen) atoms. The van der Waals surface area contributed by atoms with Crippen molar-refractivity contribution in [2.45, 2.75) is 147 Å². The highest BCUT2D eigenvalue weighted by Crippen LogP contribution is 2.38. The number of benzene rings is 5. The summed E-state index contributed by atoms with van der Waals surface area (Å²) in [5.74, 6) is -2.75. The second kappa shape index (κ2) is 30.9. The van der Waals surface area contributed by atoms with Crippen LogP contribution < -0.4 is 10.6 Å². The number of alkyl carbamates (subject to hydrolysis) is 1. The average molecular weight is 1250 g/mol. The van der Waals surface area contributed by atoms with Gasteiger partial charge in [-0.1, -0.05) is 117 Å². The smallest absolute Gasteiger partial charge is 0.408 e. The number of hydrogen-bond acceptors (Lipinski definition) is 14. The van der Waals surface area contributed by atoms with Crippen LogP contribution in [0.5, 0.6) is 0 Å². The number of nitrogens with zero attached hydrogens (tertiary/aromatic N) is 4. The van der Waals surface area contributed by atoms with E-state index in [1.165, 1.54) is 32.8 Å². The SMILES string of the molecule is COC(=O)Cc1ccc(C[C@H](NC(=O)OC(C)(C)C)C(=O)OCc2ccccc2)cc1.O=C(O)Cc1ccc(C[C@H](NC(=O)c2ccc3c(c2)nc(-c2ccoc2)n3C2CCCCC2)C(=O)O)cc1.O=C(O)c1ccc2c(c1)nc(-c1ccoc1)n2C1CCCCC1. The number of furan rings is 2. The lowest BCUT2D eigenvalue weighted by molar-refractivity contribution is -0.147. The van der Waals surface area contributed by atoms with Crippen LogP contribution in [0.2, 0.25) is 0 Å². The molecule has 2 aliphatic rings. The maximum absolute atomic E-state index is 13.1. The van der Waals surface area contributed by atoms with E-state index >= 15 is 0 Å². The number of carbonyl (C=O) groups excluding carboxylic acids is 4. The minimum Gasteiger partial charge on any atom is -0.481 e. The molecule has 0 bridgehead atoms. The van der Waals surface area contributed by atoms with Gasteiger partial charge in [-0.3, -0.25) is 14.4 Å². The zero-order valence-corrected chi connectivity index (χ0v) is 51.9. The number of aromatic carboxylic acids is 1. The first-order valence-electron chi connectivity index (χ1n) is 30.8. The summed E-state index contributed by atoms with van der Waals surface area (Å²) in [6, 6.07) is 36.0. The Hall–Kier alpha value is -10.3. The Balaban J connectivity index is 0.000000168. The number of carbonyl (C=O) groups is 7. The molecule has 2 fully saturated rings. The van der Waals surface area contributed by atoms with Crippen LogP contribution in [-0.2, 0) is 65.7 Å². The lowest BCUT2D eigenvalue weighted by Crippen LogP contribution is -2.45. The number of nitrogens with one attached hydrogen (secondary N) is 2. The van der Waals surface area contributed by atoms with Crippen LogP contribution in [0.15, 0.2) is 161 Å². The number of fused-ring (bicyclic) bond motifs is 2. The fourth-order valence-corrected chi connectivity index (χ4v) is 11.5. The van der Waals surface area contributed by atoms with E-state index < -0.39 is 53.6 Å². The molecular formula is C71H76N6O15. The summed E-state index contributed by atoms with van der Waals surface area (Å²) in [6.07, 6.45) is 17.9. The molecule has 5 N–H and O–H groups in total. The van der Waals surface area contributed by atoms with Crippen molar-refractivity contribution in [1.82, 2.24) is 29.7 Å². The van der Waals surface area contributed by atoms with Crippen molar-refractivity contribution in [3.05, 3.63) is 191 Å². The van der Waals surface area contributed by atoms with Gasteiger partial charge < -0.3 is 58.1 Å². The third kappa shape index (κ3) is 18.0. The molecule has 0 radical (unpaired) electrons. The van der Waals surface area contributed by atoms with Gasteiger partial charge in [0.05, 0.1) is 71.2 Å². The molecule has 2 atom stereocenters. The number of hydrogen-bond donors (Lipinski definition) is 5. The van der Waals surface area contributed by atoms with E-state index in [2.05, 4.69) is 24.5 Å². The molecule has 4 aromatic heterocycles.